The Morgan fingerprint density at radius 2 is 1.89 bits per heavy atom. The van der Waals surface area contributed by atoms with Crippen LogP contribution in [0.3, 0.4) is 0 Å². The van der Waals surface area contributed by atoms with E-state index in [2.05, 4.69) is 26.1 Å². The average Bonchev–Trinajstić information content (AvgIpc) is 3.21. The van der Waals surface area contributed by atoms with Crippen LogP contribution in [0, 0.1) is 11.3 Å². The third-order valence-corrected chi connectivity index (χ3v) is 7.77. The van der Waals surface area contributed by atoms with Crippen LogP contribution in [-0.4, -0.2) is 25.3 Å². The number of ether oxygens (including phenoxy) is 2. The third-order valence-electron chi connectivity index (χ3n) is 6.61. The molecule has 1 amide bonds. The van der Waals surface area contributed by atoms with Crippen molar-refractivity contribution >= 4 is 34.1 Å². The minimum Gasteiger partial charge on any atom is -0.493 e. The molecule has 0 spiro atoms. The van der Waals surface area contributed by atoms with Gasteiger partial charge in [-0.1, -0.05) is 39.0 Å². The van der Waals surface area contributed by atoms with E-state index in [-0.39, 0.29) is 17.4 Å². The monoisotopic (exact) mass is 504 g/mol. The fraction of sp³-hybridized carbons (Fsp3) is 0.400. The molecule has 0 unspecified atom stereocenters. The van der Waals surface area contributed by atoms with Crippen LogP contribution in [0.25, 0.3) is 0 Å². The summed E-state index contributed by atoms with van der Waals surface area (Å²) in [5, 5.41) is 3.83. The Kier molecular flexibility index (Phi) is 7.84. The van der Waals surface area contributed by atoms with Crippen LogP contribution in [0.4, 0.5) is 10.7 Å². The Labute approximate surface area is 218 Å². The van der Waals surface area contributed by atoms with Gasteiger partial charge in [-0.05, 0) is 85.9 Å². The van der Waals surface area contributed by atoms with E-state index in [9.17, 15) is 4.79 Å². The Morgan fingerprint density at radius 1 is 1.14 bits per heavy atom. The van der Waals surface area contributed by atoms with Crippen LogP contribution >= 0.6 is 11.3 Å². The molecule has 1 aliphatic carbocycles. The van der Waals surface area contributed by atoms with Gasteiger partial charge in [0.2, 0.25) is 0 Å². The highest BCUT2D eigenvalue weighted by Crippen LogP contribution is 2.45. The lowest BCUT2D eigenvalue weighted by molar-refractivity contribution is 0.102. The average molecular weight is 505 g/mol. The number of hydrogen-bond donors (Lipinski definition) is 1. The number of anilines is 1. The second-order valence-electron chi connectivity index (χ2n) is 10.6. The lowest BCUT2D eigenvalue weighted by Gasteiger charge is -2.33. The minimum atomic E-state index is -0.0988. The molecule has 1 N–H and O–H groups in total. The summed E-state index contributed by atoms with van der Waals surface area (Å²) in [7, 11) is 1.63. The smallest absolute Gasteiger partial charge is 0.259 e. The molecule has 6 heteroatoms. The third kappa shape index (κ3) is 5.98. The van der Waals surface area contributed by atoms with Gasteiger partial charge < -0.3 is 14.8 Å². The van der Waals surface area contributed by atoms with Crippen LogP contribution in [0.15, 0.2) is 53.5 Å². The van der Waals surface area contributed by atoms with E-state index < -0.39 is 0 Å². The van der Waals surface area contributed by atoms with Crippen LogP contribution in [0.1, 0.15) is 67.4 Å². The standard InChI is InChI=1S/C30H36N2O3S/c1-19(2)35-24-15-12-20(16-25(24)34-6)18-31-29-27(28(33)32-22-10-8-7-9-11-22)23-14-13-21(30(3,4)5)17-26(23)36-29/h7-12,15-16,18-19,21H,13-14,17H2,1-6H3,(H,32,33)/t21-/m0/s1. The van der Waals surface area contributed by atoms with Crippen molar-refractivity contribution in [2.75, 3.05) is 12.4 Å². The summed E-state index contributed by atoms with van der Waals surface area (Å²) < 4.78 is 11.4. The molecule has 190 valence electrons. The minimum absolute atomic E-state index is 0.0541. The molecule has 1 heterocycles. The zero-order valence-corrected chi connectivity index (χ0v) is 22.9. The maximum atomic E-state index is 13.5. The number of nitrogens with one attached hydrogen (secondary N) is 1. The zero-order valence-electron chi connectivity index (χ0n) is 22.1. The summed E-state index contributed by atoms with van der Waals surface area (Å²) in [6.45, 7) is 10.9. The van der Waals surface area contributed by atoms with Gasteiger partial charge in [0.1, 0.15) is 5.00 Å². The molecule has 0 bridgehead atoms. The van der Waals surface area contributed by atoms with Crippen molar-refractivity contribution < 1.29 is 14.3 Å². The Bertz CT molecular complexity index is 1240. The molecule has 3 aromatic rings. The Balaban J connectivity index is 1.68. The highest BCUT2D eigenvalue weighted by Gasteiger charge is 2.33. The SMILES string of the molecule is COc1cc(C=Nc2sc3c(c2C(=O)Nc2ccccc2)CC[C@H](C(C)(C)C)C3)ccc1OC(C)C. The summed E-state index contributed by atoms with van der Waals surface area (Å²) in [6, 6.07) is 15.4. The normalized spacial score (nSPS) is 15.7. The first kappa shape index (κ1) is 26.0. The number of fused-ring (bicyclic) bond motifs is 1. The molecule has 36 heavy (non-hydrogen) atoms. The van der Waals surface area contributed by atoms with Gasteiger partial charge in [-0.2, -0.15) is 0 Å². The van der Waals surface area contributed by atoms with Crippen LogP contribution in [0.2, 0.25) is 0 Å². The highest BCUT2D eigenvalue weighted by atomic mass is 32.1. The zero-order chi connectivity index (χ0) is 25.9. The predicted octanol–water partition coefficient (Wildman–Crippen LogP) is 7.70. The van der Waals surface area contributed by atoms with E-state index in [1.54, 1.807) is 24.7 Å². The van der Waals surface area contributed by atoms with Crippen molar-refractivity contribution in [1.82, 2.24) is 0 Å². The van der Waals surface area contributed by atoms with Crippen molar-refractivity contribution in [2.45, 2.75) is 60.0 Å². The van der Waals surface area contributed by atoms with Gasteiger partial charge in [-0.3, -0.25) is 4.79 Å². The highest BCUT2D eigenvalue weighted by molar-refractivity contribution is 7.16. The van der Waals surface area contributed by atoms with E-state index in [1.807, 2.05) is 62.4 Å². The van der Waals surface area contributed by atoms with Crippen molar-refractivity contribution in [1.29, 1.82) is 0 Å². The van der Waals surface area contributed by atoms with Crippen molar-refractivity contribution in [3.05, 3.63) is 70.1 Å². The number of benzene rings is 2. The van der Waals surface area contributed by atoms with Crippen LogP contribution < -0.4 is 14.8 Å². The molecule has 0 fully saturated rings. The first-order valence-electron chi connectivity index (χ1n) is 12.6. The molecule has 4 rings (SSSR count). The first-order chi connectivity index (χ1) is 17.2. The van der Waals surface area contributed by atoms with E-state index in [0.29, 0.717) is 23.0 Å². The molecule has 1 aliphatic rings. The van der Waals surface area contributed by atoms with Crippen molar-refractivity contribution in [3.63, 3.8) is 0 Å². The first-order valence-corrected chi connectivity index (χ1v) is 13.4. The maximum Gasteiger partial charge on any atom is 0.259 e. The maximum absolute atomic E-state index is 13.5. The van der Waals surface area contributed by atoms with E-state index >= 15 is 0 Å². The number of nitrogens with zero attached hydrogens (tertiary/aromatic N) is 1. The molecule has 5 nitrogen and oxygen atoms in total. The largest absolute Gasteiger partial charge is 0.493 e. The summed E-state index contributed by atoms with van der Waals surface area (Å²) in [6.07, 6.45) is 4.82. The predicted molar refractivity (Wildman–Crippen MR) is 150 cm³/mol. The summed E-state index contributed by atoms with van der Waals surface area (Å²) >= 11 is 1.65. The van der Waals surface area contributed by atoms with E-state index in [1.165, 1.54) is 4.88 Å². The number of methoxy groups -OCH3 is 1. The van der Waals surface area contributed by atoms with E-state index in [0.717, 1.165) is 41.1 Å². The van der Waals surface area contributed by atoms with Gasteiger partial charge in [-0.15, -0.1) is 11.3 Å². The fourth-order valence-corrected chi connectivity index (χ4v) is 5.87. The molecule has 0 aliphatic heterocycles. The van der Waals surface area contributed by atoms with Gasteiger partial charge in [0.05, 0.1) is 18.8 Å². The van der Waals surface area contributed by atoms with Crippen molar-refractivity contribution in [3.8, 4) is 11.5 Å². The summed E-state index contributed by atoms with van der Waals surface area (Å²) in [5.74, 6) is 1.85. The Morgan fingerprint density at radius 3 is 2.56 bits per heavy atom. The molecule has 0 saturated heterocycles. The van der Waals surface area contributed by atoms with Crippen LogP contribution in [-0.2, 0) is 12.8 Å². The second-order valence-corrected chi connectivity index (χ2v) is 11.7. The lowest BCUT2D eigenvalue weighted by Crippen LogP contribution is -2.27. The lowest BCUT2D eigenvalue weighted by atomic mass is 9.72. The molecular weight excluding hydrogens is 468 g/mol. The van der Waals surface area contributed by atoms with Gasteiger partial charge in [0.15, 0.2) is 11.5 Å². The van der Waals surface area contributed by atoms with Gasteiger partial charge >= 0.3 is 0 Å². The summed E-state index contributed by atoms with van der Waals surface area (Å²) in [5.41, 5.74) is 3.75. The van der Waals surface area contributed by atoms with Crippen LogP contribution in [0.5, 0.6) is 11.5 Å². The number of hydrogen-bond acceptors (Lipinski definition) is 5. The topological polar surface area (TPSA) is 59.9 Å². The number of carbonyl (C=O) groups is 1. The molecule has 0 saturated carbocycles. The number of aliphatic imine (C=N–C) groups is 1. The quantitative estimate of drug-likeness (QED) is 0.335. The van der Waals surface area contributed by atoms with Crippen molar-refractivity contribution in [2.24, 2.45) is 16.3 Å². The molecule has 0 radical (unpaired) electrons. The van der Waals surface area contributed by atoms with Gasteiger partial charge in [-0.25, -0.2) is 4.99 Å². The second kappa shape index (κ2) is 10.9. The van der Waals surface area contributed by atoms with Gasteiger partial charge in [0, 0.05) is 16.8 Å². The summed E-state index contributed by atoms with van der Waals surface area (Å²) in [4.78, 5) is 19.6. The number of rotatable bonds is 7. The number of para-hydroxylation sites is 1. The molecule has 1 atom stereocenters. The van der Waals surface area contributed by atoms with E-state index in [4.69, 9.17) is 14.5 Å². The Hall–Kier alpha value is -3.12. The number of amides is 1. The number of thiophene rings is 1. The molecule has 1 aromatic heterocycles. The molecular formula is C30H36N2O3S. The number of carbonyl (C=O) groups excluding carboxylic acids is 1. The fourth-order valence-electron chi connectivity index (χ4n) is 4.60. The van der Waals surface area contributed by atoms with Gasteiger partial charge in [0.25, 0.3) is 5.91 Å². The molecule has 2 aromatic carbocycles.